The molecule has 0 bridgehead atoms. The van der Waals surface area contributed by atoms with Crippen molar-refractivity contribution >= 4 is 35.7 Å². The van der Waals surface area contributed by atoms with E-state index in [1.807, 2.05) is 0 Å². The average molecular weight is 216 g/mol. The van der Waals surface area contributed by atoms with E-state index in [0.717, 1.165) is 0 Å². The van der Waals surface area contributed by atoms with Gasteiger partial charge in [-0.1, -0.05) is 6.07 Å². The molecule has 1 aromatic carbocycles. The number of carbonyl (C=O) groups is 1. The highest BCUT2D eigenvalue weighted by Gasteiger charge is 2.18. The Kier molecular flexibility index (Phi) is 3.22. The first-order chi connectivity index (χ1) is 6.04. The van der Waals surface area contributed by atoms with Crippen LogP contribution in [-0.2, 0) is 4.79 Å². The van der Waals surface area contributed by atoms with Crippen molar-refractivity contribution in [2.75, 3.05) is 5.73 Å². The minimum Gasteiger partial charge on any atom is -0.398 e. The third-order valence-electron chi connectivity index (χ3n) is 1.73. The minimum absolute atomic E-state index is 0.130. The summed E-state index contributed by atoms with van der Waals surface area (Å²) in [7, 11) is 0. The second-order valence-corrected chi connectivity index (χ2v) is 3.67. The summed E-state index contributed by atoms with van der Waals surface area (Å²) in [5, 5.41) is -0.700. The second kappa shape index (κ2) is 4.03. The van der Waals surface area contributed by atoms with Gasteiger partial charge in [0.25, 0.3) is 0 Å². The predicted molar refractivity (Wildman–Crippen MR) is 57.4 cm³/mol. The molecule has 0 spiro atoms. The van der Waals surface area contributed by atoms with Crippen LogP contribution < -0.4 is 5.73 Å². The Balaban J connectivity index is 3.20. The van der Waals surface area contributed by atoms with Crippen molar-refractivity contribution in [3.8, 4) is 0 Å². The number of hydrogen-bond acceptors (Lipinski definition) is 3. The lowest BCUT2D eigenvalue weighted by atomic mass is 10.1. The standard InChI is InChI=1S/C9H10ClNOS/c1-5(12)9(10)8-6(11)3-2-4-7(8)13/h2-4,9,13H,11H2,1H3. The first-order valence-electron chi connectivity index (χ1n) is 3.76. The van der Waals surface area contributed by atoms with Crippen LogP contribution in [0.5, 0.6) is 0 Å². The van der Waals surface area contributed by atoms with Crippen molar-refractivity contribution in [1.82, 2.24) is 0 Å². The molecule has 1 atom stereocenters. The molecule has 2 nitrogen and oxygen atoms in total. The van der Waals surface area contributed by atoms with Gasteiger partial charge >= 0.3 is 0 Å². The smallest absolute Gasteiger partial charge is 0.152 e. The van der Waals surface area contributed by atoms with Gasteiger partial charge in [0.05, 0.1) is 0 Å². The monoisotopic (exact) mass is 215 g/mol. The number of halogens is 1. The van der Waals surface area contributed by atoms with Crippen LogP contribution in [0.15, 0.2) is 23.1 Å². The molecule has 0 radical (unpaired) electrons. The zero-order valence-electron chi connectivity index (χ0n) is 7.12. The average Bonchev–Trinajstić information content (AvgIpc) is 2.03. The van der Waals surface area contributed by atoms with Crippen molar-refractivity contribution < 1.29 is 4.79 Å². The Bertz CT molecular complexity index is 320. The number of rotatable bonds is 2. The highest BCUT2D eigenvalue weighted by molar-refractivity contribution is 7.80. The summed E-state index contributed by atoms with van der Waals surface area (Å²) in [6.45, 7) is 1.43. The number of nitrogen functional groups attached to an aromatic ring is 1. The van der Waals surface area contributed by atoms with Crippen molar-refractivity contribution in [1.29, 1.82) is 0 Å². The van der Waals surface area contributed by atoms with Crippen LogP contribution in [-0.4, -0.2) is 5.78 Å². The molecular formula is C9H10ClNOS. The quantitative estimate of drug-likeness (QED) is 0.452. The van der Waals surface area contributed by atoms with Gasteiger partial charge in [-0.3, -0.25) is 4.79 Å². The van der Waals surface area contributed by atoms with Gasteiger partial charge < -0.3 is 5.73 Å². The topological polar surface area (TPSA) is 43.1 Å². The van der Waals surface area contributed by atoms with Crippen LogP contribution in [0.1, 0.15) is 17.9 Å². The summed E-state index contributed by atoms with van der Waals surface area (Å²) in [4.78, 5) is 11.7. The Labute approximate surface area is 87.5 Å². The first-order valence-corrected chi connectivity index (χ1v) is 4.64. The van der Waals surface area contributed by atoms with Crippen LogP contribution >= 0.6 is 24.2 Å². The molecule has 0 aliphatic heterocycles. The largest absolute Gasteiger partial charge is 0.398 e. The predicted octanol–water partition coefficient (Wildman–Crippen LogP) is 2.43. The fourth-order valence-electron chi connectivity index (χ4n) is 1.05. The van der Waals surface area contributed by atoms with E-state index in [2.05, 4.69) is 12.6 Å². The third-order valence-corrected chi connectivity index (χ3v) is 2.64. The zero-order valence-corrected chi connectivity index (χ0v) is 8.77. The Hall–Kier alpha value is -0.670. The fraction of sp³-hybridized carbons (Fsp3) is 0.222. The molecule has 2 N–H and O–H groups in total. The first kappa shape index (κ1) is 10.4. The molecule has 0 heterocycles. The van der Waals surface area contributed by atoms with Crippen LogP contribution in [0.25, 0.3) is 0 Å². The molecule has 0 aromatic heterocycles. The van der Waals surface area contributed by atoms with Gasteiger partial charge in [0.1, 0.15) is 5.38 Å². The number of thiol groups is 1. The van der Waals surface area contributed by atoms with Crippen LogP contribution in [0, 0.1) is 0 Å². The van der Waals surface area contributed by atoms with Crippen LogP contribution in [0.4, 0.5) is 5.69 Å². The number of hydrogen-bond donors (Lipinski definition) is 2. The highest BCUT2D eigenvalue weighted by atomic mass is 35.5. The second-order valence-electron chi connectivity index (χ2n) is 2.75. The van der Waals surface area contributed by atoms with Gasteiger partial charge in [0, 0.05) is 16.1 Å². The molecular weight excluding hydrogens is 206 g/mol. The lowest BCUT2D eigenvalue weighted by molar-refractivity contribution is -0.116. The van der Waals surface area contributed by atoms with Gasteiger partial charge in [0.2, 0.25) is 0 Å². The van der Waals surface area contributed by atoms with Crippen LogP contribution in [0.2, 0.25) is 0 Å². The Morgan fingerprint density at radius 3 is 2.69 bits per heavy atom. The van der Waals surface area contributed by atoms with Crippen LogP contribution in [0.3, 0.4) is 0 Å². The summed E-state index contributed by atoms with van der Waals surface area (Å²) < 4.78 is 0. The van der Waals surface area contributed by atoms with E-state index >= 15 is 0 Å². The van der Waals surface area contributed by atoms with E-state index in [4.69, 9.17) is 17.3 Å². The van der Waals surface area contributed by atoms with E-state index in [1.165, 1.54) is 6.92 Å². The van der Waals surface area contributed by atoms with E-state index in [-0.39, 0.29) is 5.78 Å². The van der Waals surface area contributed by atoms with Crippen molar-refractivity contribution in [3.05, 3.63) is 23.8 Å². The summed E-state index contributed by atoms with van der Waals surface area (Å²) >= 11 is 10.1. The maximum atomic E-state index is 11.0. The Morgan fingerprint density at radius 2 is 2.23 bits per heavy atom. The highest BCUT2D eigenvalue weighted by Crippen LogP contribution is 2.31. The number of alkyl halides is 1. The molecule has 1 unspecified atom stereocenters. The van der Waals surface area contributed by atoms with Gasteiger partial charge in [0.15, 0.2) is 5.78 Å². The fourth-order valence-corrected chi connectivity index (χ4v) is 1.71. The number of Topliss-reactive ketones (excluding diaryl/α,β-unsaturated/α-hetero) is 1. The lowest BCUT2D eigenvalue weighted by Gasteiger charge is -2.11. The summed E-state index contributed by atoms with van der Waals surface area (Å²) in [6, 6.07) is 5.23. The molecule has 0 saturated carbocycles. The van der Waals surface area contributed by atoms with E-state index in [1.54, 1.807) is 18.2 Å². The zero-order chi connectivity index (χ0) is 10.0. The SMILES string of the molecule is CC(=O)C(Cl)c1c(N)cccc1S. The van der Waals surface area contributed by atoms with Gasteiger partial charge in [-0.25, -0.2) is 0 Å². The molecule has 1 aromatic rings. The third kappa shape index (κ3) is 2.17. The summed E-state index contributed by atoms with van der Waals surface area (Å²) in [5.41, 5.74) is 6.77. The number of ketones is 1. The summed E-state index contributed by atoms with van der Waals surface area (Å²) in [5.74, 6) is -0.130. The number of anilines is 1. The molecule has 0 fully saturated rings. The number of nitrogens with two attached hydrogens (primary N) is 1. The van der Waals surface area contributed by atoms with Gasteiger partial charge in [-0.05, 0) is 19.1 Å². The molecule has 0 saturated heterocycles. The number of carbonyl (C=O) groups excluding carboxylic acids is 1. The molecule has 4 heteroatoms. The van der Waals surface area contributed by atoms with Gasteiger partial charge in [-0.2, -0.15) is 0 Å². The lowest BCUT2D eigenvalue weighted by Crippen LogP contribution is -2.06. The maximum absolute atomic E-state index is 11.0. The van der Waals surface area contributed by atoms with E-state index < -0.39 is 5.38 Å². The van der Waals surface area contributed by atoms with E-state index in [9.17, 15) is 4.79 Å². The van der Waals surface area contributed by atoms with Gasteiger partial charge in [-0.15, -0.1) is 24.2 Å². The summed E-state index contributed by atoms with van der Waals surface area (Å²) in [6.07, 6.45) is 0. The normalized spacial score (nSPS) is 12.5. The van der Waals surface area contributed by atoms with E-state index in [0.29, 0.717) is 16.1 Å². The minimum atomic E-state index is -0.700. The van der Waals surface area contributed by atoms with Crippen molar-refractivity contribution in [2.24, 2.45) is 0 Å². The Morgan fingerprint density at radius 1 is 1.62 bits per heavy atom. The molecule has 0 aliphatic carbocycles. The molecule has 13 heavy (non-hydrogen) atoms. The molecule has 0 amide bonds. The number of benzene rings is 1. The van der Waals surface area contributed by atoms with Crippen molar-refractivity contribution in [2.45, 2.75) is 17.2 Å². The molecule has 0 aliphatic rings. The maximum Gasteiger partial charge on any atom is 0.152 e. The molecule has 70 valence electrons. The van der Waals surface area contributed by atoms with Crippen molar-refractivity contribution in [3.63, 3.8) is 0 Å². The molecule has 1 rings (SSSR count).